The third kappa shape index (κ3) is 1.30. The smallest absolute Gasteiger partial charge is 0.156 e. The highest BCUT2D eigenvalue weighted by atomic mass is 16.1. The molecule has 0 spiro atoms. The van der Waals surface area contributed by atoms with Crippen LogP contribution in [-0.4, -0.2) is 17.2 Å². The maximum absolute atomic E-state index is 11.3. The van der Waals surface area contributed by atoms with Gasteiger partial charge >= 0.3 is 0 Å². The summed E-state index contributed by atoms with van der Waals surface area (Å²) in [7, 11) is 0. The molecule has 0 N–H and O–H groups in total. The van der Waals surface area contributed by atoms with E-state index in [1.165, 1.54) is 16.8 Å². The molecule has 3 rings (SSSR count). The maximum Gasteiger partial charge on any atom is 0.156 e. The largest absolute Gasteiger partial charge is 0.340 e. The van der Waals surface area contributed by atoms with Crippen molar-refractivity contribution >= 4 is 17.6 Å². The molecular weight excluding hydrogens is 186 g/mol. The van der Waals surface area contributed by atoms with Crippen LogP contribution in [0.25, 0.3) is 11.8 Å². The standard InChI is InChI=1S/C13H11NO/c15-11-5-6-13-12-4-2-1-3-10(12)7-8-14(13)9-11/h1-4,6-8H,5,9H2. The van der Waals surface area contributed by atoms with Gasteiger partial charge < -0.3 is 4.90 Å². The number of Topliss-reactive ketones (excluding diaryl/α,β-unsaturated/α-hetero) is 1. The molecule has 0 unspecified atom stereocenters. The van der Waals surface area contributed by atoms with Crippen molar-refractivity contribution < 1.29 is 4.79 Å². The van der Waals surface area contributed by atoms with E-state index in [1.807, 2.05) is 29.3 Å². The summed E-state index contributed by atoms with van der Waals surface area (Å²) in [6.45, 7) is 0.511. The minimum atomic E-state index is 0.280. The molecular formula is C13H11NO. The van der Waals surface area contributed by atoms with Crippen LogP contribution in [0.1, 0.15) is 17.5 Å². The van der Waals surface area contributed by atoms with Crippen molar-refractivity contribution in [2.45, 2.75) is 6.42 Å². The van der Waals surface area contributed by atoms with E-state index in [2.05, 4.69) is 18.2 Å². The maximum atomic E-state index is 11.3. The zero-order chi connectivity index (χ0) is 10.3. The van der Waals surface area contributed by atoms with Crippen LogP contribution in [0.4, 0.5) is 0 Å². The Morgan fingerprint density at radius 1 is 1.20 bits per heavy atom. The van der Waals surface area contributed by atoms with Gasteiger partial charge in [0.15, 0.2) is 5.78 Å². The molecule has 2 aliphatic heterocycles. The average Bonchev–Trinajstić information content (AvgIpc) is 2.28. The number of nitrogens with zero attached hydrogens (tertiary/aromatic N) is 1. The molecule has 0 bridgehead atoms. The van der Waals surface area contributed by atoms with Crippen LogP contribution in [0.15, 0.2) is 36.5 Å². The van der Waals surface area contributed by atoms with Crippen molar-refractivity contribution in [1.82, 2.24) is 4.90 Å². The monoisotopic (exact) mass is 197 g/mol. The van der Waals surface area contributed by atoms with Crippen LogP contribution in [-0.2, 0) is 4.79 Å². The minimum absolute atomic E-state index is 0.280. The first-order chi connectivity index (χ1) is 7.34. The molecule has 0 saturated heterocycles. The highest BCUT2D eigenvalue weighted by molar-refractivity contribution is 5.90. The number of carbonyl (C=O) groups excluding carboxylic acids is 1. The average molecular weight is 197 g/mol. The lowest BCUT2D eigenvalue weighted by molar-refractivity contribution is -0.118. The molecule has 0 amide bonds. The van der Waals surface area contributed by atoms with Gasteiger partial charge in [0.1, 0.15) is 0 Å². The number of ketones is 1. The summed E-state index contributed by atoms with van der Waals surface area (Å²) in [4.78, 5) is 13.3. The SMILES string of the molecule is O=C1CC=C2c3ccccc3C=CN2C1. The van der Waals surface area contributed by atoms with E-state index in [-0.39, 0.29) is 5.78 Å². The van der Waals surface area contributed by atoms with E-state index in [0.717, 1.165) is 0 Å². The van der Waals surface area contributed by atoms with Crippen molar-refractivity contribution in [3.05, 3.63) is 47.7 Å². The van der Waals surface area contributed by atoms with E-state index in [0.29, 0.717) is 13.0 Å². The Kier molecular flexibility index (Phi) is 1.75. The van der Waals surface area contributed by atoms with Gasteiger partial charge in [0, 0.05) is 23.9 Å². The molecule has 74 valence electrons. The quantitative estimate of drug-likeness (QED) is 0.636. The van der Waals surface area contributed by atoms with E-state index < -0.39 is 0 Å². The lowest BCUT2D eigenvalue weighted by Gasteiger charge is -2.30. The van der Waals surface area contributed by atoms with Crippen molar-refractivity contribution in [2.24, 2.45) is 0 Å². The van der Waals surface area contributed by atoms with Crippen LogP contribution in [0, 0.1) is 0 Å². The van der Waals surface area contributed by atoms with Gasteiger partial charge in [-0.3, -0.25) is 4.79 Å². The Morgan fingerprint density at radius 3 is 3.00 bits per heavy atom. The Balaban J connectivity index is 2.15. The molecule has 0 atom stereocenters. The molecule has 2 aliphatic rings. The Bertz CT molecular complexity index is 485. The number of rotatable bonds is 0. The normalized spacial score (nSPS) is 18.3. The van der Waals surface area contributed by atoms with Crippen molar-refractivity contribution in [3.63, 3.8) is 0 Å². The Morgan fingerprint density at radius 2 is 2.07 bits per heavy atom. The summed E-state index contributed by atoms with van der Waals surface area (Å²) in [5.74, 6) is 0.280. The van der Waals surface area contributed by atoms with Gasteiger partial charge in [-0.2, -0.15) is 0 Å². The fourth-order valence-electron chi connectivity index (χ4n) is 2.11. The fourth-order valence-corrected chi connectivity index (χ4v) is 2.11. The van der Waals surface area contributed by atoms with Crippen LogP contribution < -0.4 is 0 Å². The summed E-state index contributed by atoms with van der Waals surface area (Å²) >= 11 is 0. The molecule has 0 aliphatic carbocycles. The first-order valence-electron chi connectivity index (χ1n) is 5.11. The molecule has 1 aromatic rings. The molecule has 0 fully saturated rings. The van der Waals surface area contributed by atoms with Gasteiger partial charge in [0.25, 0.3) is 0 Å². The number of allylic oxidation sites excluding steroid dienone is 1. The summed E-state index contributed by atoms with van der Waals surface area (Å²) < 4.78 is 0. The highest BCUT2D eigenvalue weighted by Crippen LogP contribution is 2.31. The number of fused-ring (bicyclic) bond motifs is 3. The molecule has 2 heterocycles. The molecule has 1 aromatic carbocycles. The van der Waals surface area contributed by atoms with Crippen LogP contribution in [0.2, 0.25) is 0 Å². The lowest BCUT2D eigenvalue weighted by atomic mass is 9.97. The molecule has 2 heteroatoms. The van der Waals surface area contributed by atoms with E-state index in [9.17, 15) is 4.79 Å². The van der Waals surface area contributed by atoms with Gasteiger partial charge in [-0.05, 0) is 11.6 Å². The Hall–Kier alpha value is -1.83. The highest BCUT2D eigenvalue weighted by Gasteiger charge is 2.21. The number of hydrogen-bond donors (Lipinski definition) is 0. The minimum Gasteiger partial charge on any atom is -0.340 e. The summed E-state index contributed by atoms with van der Waals surface area (Å²) in [6.07, 6.45) is 6.64. The second kappa shape index (κ2) is 3.09. The van der Waals surface area contributed by atoms with Crippen molar-refractivity contribution in [1.29, 1.82) is 0 Å². The van der Waals surface area contributed by atoms with Gasteiger partial charge in [-0.15, -0.1) is 0 Å². The van der Waals surface area contributed by atoms with Crippen LogP contribution >= 0.6 is 0 Å². The van der Waals surface area contributed by atoms with E-state index in [1.54, 1.807) is 0 Å². The predicted molar refractivity (Wildman–Crippen MR) is 59.8 cm³/mol. The molecule has 2 nitrogen and oxygen atoms in total. The van der Waals surface area contributed by atoms with Crippen molar-refractivity contribution in [3.8, 4) is 0 Å². The molecule has 15 heavy (non-hydrogen) atoms. The molecule has 0 saturated carbocycles. The third-order valence-corrected chi connectivity index (χ3v) is 2.85. The zero-order valence-electron chi connectivity index (χ0n) is 8.31. The second-order valence-electron chi connectivity index (χ2n) is 3.86. The summed E-state index contributed by atoms with van der Waals surface area (Å²) in [6, 6.07) is 8.27. The van der Waals surface area contributed by atoms with Gasteiger partial charge in [0.05, 0.1) is 6.54 Å². The molecule has 0 radical (unpaired) electrons. The van der Waals surface area contributed by atoms with Crippen LogP contribution in [0.5, 0.6) is 0 Å². The first kappa shape index (κ1) is 8.48. The predicted octanol–water partition coefficient (Wildman–Crippen LogP) is 2.29. The van der Waals surface area contributed by atoms with Crippen molar-refractivity contribution in [2.75, 3.05) is 6.54 Å². The first-order valence-corrected chi connectivity index (χ1v) is 5.11. The summed E-state index contributed by atoms with van der Waals surface area (Å²) in [5.41, 5.74) is 3.63. The Labute approximate surface area is 88.5 Å². The number of carbonyl (C=O) groups is 1. The zero-order valence-corrected chi connectivity index (χ0v) is 8.31. The fraction of sp³-hybridized carbons (Fsp3) is 0.154. The van der Waals surface area contributed by atoms with Gasteiger partial charge in [-0.25, -0.2) is 0 Å². The van der Waals surface area contributed by atoms with Crippen LogP contribution in [0.3, 0.4) is 0 Å². The number of benzene rings is 1. The summed E-state index contributed by atoms with van der Waals surface area (Å²) in [5, 5.41) is 0. The molecule has 0 aromatic heterocycles. The van der Waals surface area contributed by atoms with Gasteiger partial charge in [0.2, 0.25) is 0 Å². The number of hydrogen-bond acceptors (Lipinski definition) is 2. The van der Waals surface area contributed by atoms with Gasteiger partial charge in [-0.1, -0.05) is 30.3 Å². The van der Waals surface area contributed by atoms with E-state index in [4.69, 9.17) is 0 Å². The topological polar surface area (TPSA) is 20.3 Å². The third-order valence-electron chi connectivity index (χ3n) is 2.85. The van der Waals surface area contributed by atoms with E-state index >= 15 is 0 Å². The lowest BCUT2D eigenvalue weighted by Crippen LogP contribution is -2.29. The second-order valence-corrected chi connectivity index (χ2v) is 3.86.